The van der Waals surface area contributed by atoms with Gasteiger partial charge in [0.15, 0.2) is 0 Å². The summed E-state index contributed by atoms with van der Waals surface area (Å²) in [4.78, 5) is 12.7. The Morgan fingerprint density at radius 2 is 1.78 bits per heavy atom. The number of fused-ring (bicyclic) bond motifs is 3. The fourth-order valence-electron chi connectivity index (χ4n) is 6.12. The second kappa shape index (κ2) is 8.88. The highest BCUT2D eigenvalue weighted by Gasteiger charge is 2.51. The van der Waals surface area contributed by atoms with E-state index < -0.39 is 11.3 Å². The maximum absolute atomic E-state index is 12.7. The van der Waals surface area contributed by atoms with Crippen LogP contribution in [0.25, 0.3) is 11.6 Å². The van der Waals surface area contributed by atoms with Crippen molar-refractivity contribution < 1.29 is 24.6 Å². The van der Waals surface area contributed by atoms with E-state index in [0.717, 1.165) is 28.8 Å². The molecule has 4 rings (SSSR count). The van der Waals surface area contributed by atoms with Crippen molar-refractivity contribution >= 4 is 29.0 Å². The zero-order chi connectivity index (χ0) is 27.4. The first kappa shape index (κ1) is 26.7. The number of nitrogens with one attached hydrogen (secondary N) is 1. The lowest BCUT2D eigenvalue weighted by Crippen LogP contribution is -2.51. The summed E-state index contributed by atoms with van der Waals surface area (Å²) in [6, 6.07) is 12.7. The van der Waals surface area contributed by atoms with Crippen molar-refractivity contribution in [2.45, 2.75) is 72.6 Å². The van der Waals surface area contributed by atoms with E-state index in [0.29, 0.717) is 17.0 Å². The molecule has 3 N–H and O–H groups in total. The predicted molar refractivity (Wildman–Crippen MR) is 147 cm³/mol. The smallest absolute Gasteiger partial charge is 0.269 e. The van der Waals surface area contributed by atoms with Gasteiger partial charge in [-0.1, -0.05) is 44.7 Å². The van der Waals surface area contributed by atoms with Crippen LogP contribution in [-0.2, 0) is 0 Å². The van der Waals surface area contributed by atoms with E-state index in [4.69, 9.17) is 4.74 Å². The first-order valence-electron chi connectivity index (χ1n) is 12.7. The molecule has 1 aliphatic carbocycles. The SMILES string of the molecule is C=Cc1ccc(C(=O)NC(C)(O)CC(C)(C)Oc2ccc3c(c2)[N+](O)=C2C3=CC(C)(C)CC2(C)C)cc1. The molecule has 196 valence electrons. The van der Waals surface area contributed by atoms with Gasteiger partial charge in [0.05, 0.1) is 22.6 Å². The standard InChI is InChI=1S/C31H38N2O4/c1-9-20-10-12-21(13-11-20)27(34)32-31(8,35)19-30(6,7)37-22-14-15-23-24-17-28(2,3)18-29(4,5)26(24)33(36)25(23)16-22/h9-17,35H,1,18-19H2,2-8H3,(H-,32,34,36)/p+1. The molecule has 2 aromatic rings. The third-order valence-corrected chi connectivity index (χ3v) is 6.98. The van der Waals surface area contributed by atoms with Crippen LogP contribution in [0.3, 0.4) is 0 Å². The van der Waals surface area contributed by atoms with Gasteiger partial charge in [0.2, 0.25) is 5.71 Å². The summed E-state index contributed by atoms with van der Waals surface area (Å²) in [5.41, 5.74) is 2.49. The minimum absolute atomic E-state index is 0.0195. The highest BCUT2D eigenvalue weighted by molar-refractivity contribution is 6.27. The average molecular weight is 504 g/mol. The number of nitrogens with zero attached hydrogens (tertiary/aromatic N) is 1. The summed E-state index contributed by atoms with van der Waals surface area (Å²) in [6.07, 6.45) is 5.02. The first-order chi connectivity index (χ1) is 17.0. The minimum Gasteiger partial charge on any atom is -0.487 e. The van der Waals surface area contributed by atoms with Crippen LogP contribution in [0, 0.1) is 10.8 Å². The molecule has 2 aromatic carbocycles. The van der Waals surface area contributed by atoms with Gasteiger partial charge >= 0.3 is 0 Å². The number of allylic oxidation sites excluding steroid dienone is 2. The van der Waals surface area contributed by atoms with Crippen molar-refractivity contribution in [1.82, 2.24) is 5.32 Å². The van der Waals surface area contributed by atoms with Gasteiger partial charge in [-0.25, -0.2) is 0 Å². The molecule has 2 aliphatic rings. The molecule has 0 radical (unpaired) electrons. The molecule has 0 bridgehead atoms. The van der Waals surface area contributed by atoms with E-state index in [-0.39, 0.29) is 23.2 Å². The lowest BCUT2D eigenvalue weighted by atomic mass is 9.65. The number of hydrogen-bond acceptors (Lipinski definition) is 4. The number of aliphatic hydroxyl groups is 1. The maximum atomic E-state index is 12.7. The molecular formula is C31H39N2O4+. The minimum atomic E-state index is -1.51. The maximum Gasteiger partial charge on any atom is 0.269 e. The lowest BCUT2D eigenvalue weighted by molar-refractivity contribution is -0.712. The third-order valence-electron chi connectivity index (χ3n) is 6.98. The molecule has 1 unspecified atom stereocenters. The van der Waals surface area contributed by atoms with Crippen molar-refractivity contribution in [2.24, 2.45) is 10.8 Å². The van der Waals surface area contributed by atoms with Gasteiger partial charge < -0.3 is 15.2 Å². The number of amides is 1. The number of ether oxygens (including phenoxy) is 1. The summed E-state index contributed by atoms with van der Waals surface area (Å²) in [5, 5.41) is 24.9. The Labute approximate surface area is 220 Å². The number of carbonyl (C=O) groups is 1. The zero-order valence-electron chi connectivity index (χ0n) is 23.0. The Kier molecular flexibility index (Phi) is 6.40. The molecule has 1 amide bonds. The summed E-state index contributed by atoms with van der Waals surface area (Å²) in [7, 11) is 0. The summed E-state index contributed by atoms with van der Waals surface area (Å²) in [6.45, 7) is 17.8. The van der Waals surface area contributed by atoms with Crippen molar-refractivity contribution in [3.63, 3.8) is 0 Å². The van der Waals surface area contributed by atoms with Crippen LogP contribution < -0.4 is 10.1 Å². The molecule has 6 heteroatoms. The van der Waals surface area contributed by atoms with E-state index in [1.54, 1.807) is 37.3 Å². The van der Waals surface area contributed by atoms with Crippen molar-refractivity contribution in [1.29, 1.82) is 0 Å². The largest absolute Gasteiger partial charge is 0.487 e. The van der Waals surface area contributed by atoms with Crippen LogP contribution in [0.5, 0.6) is 5.75 Å². The quantitative estimate of drug-likeness (QED) is 0.234. The molecule has 37 heavy (non-hydrogen) atoms. The summed E-state index contributed by atoms with van der Waals surface area (Å²) < 4.78 is 7.58. The van der Waals surface area contributed by atoms with Gasteiger partial charge in [-0.15, -0.1) is 0 Å². The van der Waals surface area contributed by atoms with Crippen LogP contribution >= 0.6 is 0 Å². The van der Waals surface area contributed by atoms with Gasteiger partial charge in [-0.05, 0) is 76.3 Å². The average Bonchev–Trinajstić information content (AvgIpc) is 3.02. The van der Waals surface area contributed by atoms with Crippen molar-refractivity contribution in [3.8, 4) is 5.75 Å². The molecule has 0 fully saturated rings. The Morgan fingerprint density at radius 1 is 1.14 bits per heavy atom. The molecule has 6 nitrogen and oxygen atoms in total. The van der Waals surface area contributed by atoms with E-state index in [9.17, 15) is 15.1 Å². The Morgan fingerprint density at radius 3 is 2.41 bits per heavy atom. The number of rotatable bonds is 7. The molecule has 0 spiro atoms. The van der Waals surface area contributed by atoms with Gasteiger partial charge in [0.25, 0.3) is 11.6 Å². The predicted octanol–water partition coefficient (Wildman–Crippen LogP) is 6.34. The molecule has 1 aliphatic heterocycles. The fourth-order valence-corrected chi connectivity index (χ4v) is 6.12. The van der Waals surface area contributed by atoms with Gasteiger partial charge in [-0.2, -0.15) is 0 Å². The summed E-state index contributed by atoms with van der Waals surface area (Å²) >= 11 is 0. The van der Waals surface area contributed by atoms with E-state index >= 15 is 0 Å². The zero-order valence-corrected chi connectivity index (χ0v) is 23.0. The Hall–Kier alpha value is -3.38. The lowest BCUT2D eigenvalue weighted by Gasteiger charge is -2.35. The van der Waals surface area contributed by atoms with Crippen LogP contribution in [0.1, 0.15) is 82.8 Å². The van der Waals surface area contributed by atoms with E-state index in [1.807, 2.05) is 32.0 Å². The van der Waals surface area contributed by atoms with E-state index in [2.05, 4.69) is 45.7 Å². The van der Waals surface area contributed by atoms with Crippen LogP contribution in [-0.4, -0.2) is 38.0 Å². The highest BCUT2D eigenvalue weighted by Crippen LogP contribution is 2.51. The molecule has 0 saturated heterocycles. The van der Waals surface area contributed by atoms with E-state index in [1.165, 1.54) is 4.74 Å². The van der Waals surface area contributed by atoms with Crippen molar-refractivity contribution in [2.75, 3.05) is 0 Å². The monoisotopic (exact) mass is 503 g/mol. The number of carbonyl (C=O) groups excluding carboxylic acids is 1. The number of hydrogen-bond donors (Lipinski definition) is 3. The normalized spacial score (nSPS) is 19.3. The third kappa shape index (κ3) is 5.49. The molecule has 1 atom stereocenters. The number of benzene rings is 2. The van der Waals surface area contributed by atoms with Gasteiger partial charge in [0.1, 0.15) is 17.1 Å². The van der Waals surface area contributed by atoms with Crippen LogP contribution in [0.15, 0.2) is 55.1 Å². The fraction of sp³-hybridized carbons (Fsp3) is 0.419. The van der Waals surface area contributed by atoms with Crippen LogP contribution in [0.2, 0.25) is 0 Å². The second-order valence-electron chi connectivity index (χ2n) is 12.5. The Bertz CT molecular complexity index is 1310. The first-order valence-corrected chi connectivity index (χ1v) is 12.7. The molecule has 1 heterocycles. The molecule has 0 saturated carbocycles. The second-order valence-corrected chi connectivity index (χ2v) is 12.5. The summed E-state index contributed by atoms with van der Waals surface area (Å²) in [5.74, 6) is 0.199. The van der Waals surface area contributed by atoms with Gasteiger partial charge in [-0.3, -0.25) is 10.0 Å². The van der Waals surface area contributed by atoms with Crippen molar-refractivity contribution in [3.05, 3.63) is 71.8 Å². The molecular weight excluding hydrogens is 464 g/mol. The highest BCUT2D eigenvalue weighted by atomic mass is 16.5. The topological polar surface area (TPSA) is 81.8 Å². The van der Waals surface area contributed by atoms with Crippen LogP contribution in [0.4, 0.5) is 5.69 Å². The molecule has 0 aromatic heterocycles. The van der Waals surface area contributed by atoms with Gasteiger partial charge in [0, 0.05) is 16.7 Å². The Balaban J connectivity index is 1.52.